The first-order valence-electron chi connectivity index (χ1n) is 7.97. The normalized spacial score (nSPS) is 10.9. The second kappa shape index (κ2) is 6.69. The molecule has 0 amide bonds. The van der Waals surface area contributed by atoms with E-state index in [0.29, 0.717) is 6.42 Å². The number of fused-ring (bicyclic) bond motifs is 1. The molecule has 1 N–H and O–H groups in total. The number of carbonyl (C=O) groups is 1. The standard InChI is InChI=1S/C20H21NO2/c1-3-4-14-5-6-15(9-10-22)18(11-14)20-13-16-12-17(23-2)7-8-19(16)21-20/h5-8,10-13,21H,3-4,9H2,1-2H3. The number of methoxy groups -OCH3 is 1. The Hall–Kier alpha value is -2.55. The minimum absolute atomic E-state index is 0.431. The zero-order chi connectivity index (χ0) is 16.2. The van der Waals surface area contributed by atoms with Crippen LogP contribution in [0.5, 0.6) is 5.75 Å². The number of carbonyl (C=O) groups excluding carboxylic acids is 1. The monoisotopic (exact) mass is 307 g/mol. The van der Waals surface area contributed by atoms with Crippen LogP contribution in [0, 0.1) is 0 Å². The van der Waals surface area contributed by atoms with Gasteiger partial charge in [-0.2, -0.15) is 0 Å². The van der Waals surface area contributed by atoms with Crippen LogP contribution < -0.4 is 4.74 Å². The average Bonchev–Trinajstić information content (AvgIpc) is 2.99. The second-order valence-electron chi connectivity index (χ2n) is 5.75. The maximum atomic E-state index is 11.0. The Bertz CT molecular complexity index is 833. The predicted molar refractivity (Wildman–Crippen MR) is 94.0 cm³/mol. The van der Waals surface area contributed by atoms with Gasteiger partial charge in [-0.3, -0.25) is 0 Å². The Kier molecular flexibility index (Phi) is 4.47. The molecular weight excluding hydrogens is 286 g/mol. The summed E-state index contributed by atoms with van der Waals surface area (Å²) in [6.45, 7) is 2.17. The molecule has 1 heterocycles. The fraction of sp³-hybridized carbons (Fsp3) is 0.250. The Morgan fingerprint density at radius 2 is 2.00 bits per heavy atom. The highest BCUT2D eigenvalue weighted by Crippen LogP contribution is 2.30. The number of ether oxygens (including phenoxy) is 1. The molecule has 1 aromatic heterocycles. The lowest BCUT2D eigenvalue weighted by atomic mass is 9.97. The van der Waals surface area contributed by atoms with E-state index in [0.717, 1.165) is 52.6 Å². The third kappa shape index (κ3) is 3.14. The topological polar surface area (TPSA) is 42.1 Å². The van der Waals surface area contributed by atoms with E-state index < -0.39 is 0 Å². The lowest BCUT2D eigenvalue weighted by molar-refractivity contribution is -0.107. The molecule has 3 nitrogen and oxygen atoms in total. The van der Waals surface area contributed by atoms with E-state index in [4.69, 9.17) is 4.74 Å². The minimum Gasteiger partial charge on any atom is -0.497 e. The molecule has 0 bridgehead atoms. The van der Waals surface area contributed by atoms with Crippen molar-refractivity contribution in [1.82, 2.24) is 4.98 Å². The zero-order valence-corrected chi connectivity index (χ0v) is 13.6. The number of hydrogen-bond donors (Lipinski definition) is 1. The van der Waals surface area contributed by atoms with E-state index in [-0.39, 0.29) is 0 Å². The van der Waals surface area contributed by atoms with Crippen molar-refractivity contribution in [2.75, 3.05) is 7.11 Å². The number of benzene rings is 2. The Balaban J connectivity index is 2.11. The van der Waals surface area contributed by atoms with Crippen molar-refractivity contribution in [3.8, 4) is 17.0 Å². The Morgan fingerprint density at radius 1 is 1.13 bits per heavy atom. The predicted octanol–water partition coefficient (Wildman–Crippen LogP) is 4.54. The molecule has 2 aromatic carbocycles. The highest BCUT2D eigenvalue weighted by Gasteiger charge is 2.10. The van der Waals surface area contributed by atoms with Crippen molar-refractivity contribution in [3.05, 3.63) is 53.6 Å². The molecule has 0 radical (unpaired) electrons. The molecule has 0 fully saturated rings. The number of aromatic amines is 1. The molecule has 3 heteroatoms. The van der Waals surface area contributed by atoms with E-state index >= 15 is 0 Å². The summed E-state index contributed by atoms with van der Waals surface area (Å²) in [6, 6.07) is 14.5. The third-order valence-corrected chi connectivity index (χ3v) is 4.13. The van der Waals surface area contributed by atoms with Gasteiger partial charge in [-0.25, -0.2) is 0 Å². The summed E-state index contributed by atoms with van der Waals surface area (Å²) in [4.78, 5) is 14.5. The van der Waals surface area contributed by atoms with Crippen LogP contribution in [0.1, 0.15) is 24.5 Å². The third-order valence-electron chi connectivity index (χ3n) is 4.13. The van der Waals surface area contributed by atoms with E-state index in [2.05, 4.69) is 36.2 Å². The zero-order valence-electron chi connectivity index (χ0n) is 13.6. The quantitative estimate of drug-likeness (QED) is 0.679. The highest BCUT2D eigenvalue weighted by atomic mass is 16.5. The summed E-state index contributed by atoms with van der Waals surface area (Å²) in [5.74, 6) is 0.843. The fourth-order valence-corrected chi connectivity index (χ4v) is 2.97. The van der Waals surface area contributed by atoms with Crippen LogP contribution >= 0.6 is 0 Å². The number of rotatable bonds is 6. The van der Waals surface area contributed by atoms with Crippen molar-refractivity contribution in [3.63, 3.8) is 0 Å². The summed E-state index contributed by atoms with van der Waals surface area (Å²) in [6.07, 6.45) is 3.54. The molecule has 3 aromatic rings. The fourth-order valence-electron chi connectivity index (χ4n) is 2.97. The number of aryl methyl sites for hydroxylation is 1. The first kappa shape index (κ1) is 15.3. The minimum atomic E-state index is 0.431. The van der Waals surface area contributed by atoms with Crippen LogP contribution in [0.25, 0.3) is 22.2 Å². The molecule has 0 aliphatic rings. The molecule has 3 rings (SSSR count). The molecule has 0 aliphatic heterocycles. The molecule has 0 saturated carbocycles. The Labute approximate surface area is 136 Å². The molecule has 0 saturated heterocycles. The molecule has 23 heavy (non-hydrogen) atoms. The number of nitrogens with one attached hydrogen (secondary N) is 1. The molecule has 0 spiro atoms. The van der Waals surface area contributed by atoms with Gasteiger partial charge in [0.2, 0.25) is 0 Å². The van der Waals surface area contributed by atoms with E-state index in [9.17, 15) is 4.79 Å². The van der Waals surface area contributed by atoms with E-state index in [1.54, 1.807) is 7.11 Å². The highest BCUT2D eigenvalue weighted by molar-refractivity contribution is 5.88. The lowest BCUT2D eigenvalue weighted by Gasteiger charge is -2.08. The number of H-pyrrole nitrogens is 1. The summed E-state index contributed by atoms with van der Waals surface area (Å²) in [7, 11) is 1.67. The summed E-state index contributed by atoms with van der Waals surface area (Å²) >= 11 is 0. The lowest BCUT2D eigenvalue weighted by Crippen LogP contribution is -1.94. The van der Waals surface area contributed by atoms with Crippen LogP contribution in [0.4, 0.5) is 0 Å². The number of hydrogen-bond acceptors (Lipinski definition) is 2. The summed E-state index contributed by atoms with van der Waals surface area (Å²) < 4.78 is 5.29. The van der Waals surface area contributed by atoms with Gasteiger partial charge in [0.15, 0.2) is 0 Å². The summed E-state index contributed by atoms with van der Waals surface area (Å²) in [5, 5.41) is 1.11. The van der Waals surface area contributed by atoms with Gasteiger partial charge in [0.05, 0.1) is 7.11 Å². The van der Waals surface area contributed by atoms with Gasteiger partial charge < -0.3 is 14.5 Å². The molecule has 0 aliphatic carbocycles. The van der Waals surface area contributed by atoms with Gasteiger partial charge in [0, 0.05) is 28.6 Å². The van der Waals surface area contributed by atoms with E-state index in [1.165, 1.54) is 5.56 Å². The van der Waals surface area contributed by atoms with Crippen molar-refractivity contribution >= 4 is 17.2 Å². The number of aromatic nitrogens is 1. The SMILES string of the molecule is CCCc1ccc(CC=O)c(-c2cc3cc(OC)ccc3[nH]2)c1. The van der Waals surface area contributed by atoms with Gasteiger partial charge >= 0.3 is 0 Å². The average molecular weight is 307 g/mol. The van der Waals surface area contributed by atoms with Crippen molar-refractivity contribution in [2.24, 2.45) is 0 Å². The van der Waals surface area contributed by atoms with Crippen LogP contribution in [0.3, 0.4) is 0 Å². The summed E-state index contributed by atoms with van der Waals surface area (Å²) in [5.41, 5.74) is 5.58. The first-order valence-corrected chi connectivity index (χ1v) is 7.97. The van der Waals surface area contributed by atoms with Crippen LogP contribution in [-0.2, 0) is 17.6 Å². The van der Waals surface area contributed by atoms with Crippen LogP contribution in [0.15, 0.2) is 42.5 Å². The van der Waals surface area contributed by atoms with Gasteiger partial charge in [-0.15, -0.1) is 0 Å². The van der Waals surface area contributed by atoms with Crippen LogP contribution in [-0.4, -0.2) is 18.4 Å². The molecule has 0 unspecified atom stereocenters. The van der Waals surface area contributed by atoms with Crippen molar-refractivity contribution in [2.45, 2.75) is 26.2 Å². The second-order valence-corrected chi connectivity index (χ2v) is 5.75. The van der Waals surface area contributed by atoms with Crippen molar-refractivity contribution < 1.29 is 9.53 Å². The smallest absolute Gasteiger partial charge is 0.124 e. The van der Waals surface area contributed by atoms with Gasteiger partial charge in [0.25, 0.3) is 0 Å². The Morgan fingerprint density at radius 3 is 2.74 bits per heavy atom. The maximum Gasteiger partial charge on any atom is 0.124 e. The molecule has 0 atom stereocenters. The number of aldehydes is 1. The van der Waals surface area contributed by atoms with Gasteiger partial charge in [-0.1, -0.05) is 25.5 Å². The molecular formula is C20H21NO2. The van der Waals surface area contributed by atoms with Crippen LogP contribution in [0.2, 0.25) is 0 Å². The van der Waals surface area contributed by atoms with E-state index in [1.807, 2.05) is 18.2 Å². The molecule has 118 valence electrons. The van der Waals surface area contributed by atoms with Crippen molar-refractivity contribution in [1.29, 1.82) is 0 Å². The maximum absolute atomic E-state index is 11.0. The van der Waals surface area contributed by atoms with Gasteiger partial charge in [0.1, 0.15) is 12.0 Å². The largest absolute Gasteiger partial charge is 0.497 e. The first-order chi connectivity index (χ1) is 11.2. The van der Waals surface area contributed by atoms with Gasteiger partial charge in [-0.05, 0) is 47.9 Å².